The lowest BCUT2D eigenvalue weighted by atomic mass is 10.3. The molecule has 1 atom stereocenters. The summed E-state index contributed by atoms with van der Waals surface area (Å²) in [5.41, 5.74) is -0.734. The van der Waals surface area contributed by atoms with Gasteiger partial charge in [0, 0.05) is 0 Å². The number of nitrogens with one attached hydrogen (secondary N) is 1. The van der Waals surface area contributed by atoms with Crippen LogP contribution in [-0.4, -0.2) is 25.4 Å². The van der Waals surface area contributed by atoms with E-state index in [2.05, 4.69) is 0 Å². The summed E-state index contributed by atoms with van der Waals surface area (Å²) in [4.78, 5) is 0. The number of aliphatic hydroxyl groups is 1. The summed E-state index contributed by atoms with van der Waals surface area (Å²) in [6.07, 6.45) is 0. The Bertz CT molecular complexity index is 455. The van der Waals surface area contributed by atoms with Crippen LogP contribution in [0.2, 0.25) is 0 Å². The Hall–Kier alpha value is -1.21. The van der Waals surface area contributed by atoms with Crippen molar-refractivity contribution in [3.8, 4) is 0 Å². The molecule has 0 aliphatic rings. The van der Waals surface area contributed by atoms with Crippen LogP contribution in [0, 0.1) is 11.6 Å². The maximum Gasteiger partial charge on any atom is 0.237 e. The molecule has 90 valence electrons. The number of rotatable bonds is 4. The van der Waals surface area contributed by atoms with Crippen LogP contribution in [0.5, 0.6) is 0 Å². The number of aliphatic hydroxyl groups excluding tert-OH is 1. The molecular formula is C9H11F2NO3S. The van der Waals surface area contributed by atoms with Crippen molar-refractivity contribution in [1.82, 2.24) is 0 Å². The maximum absolute atomic E-state index is 13.1. The highest BCUT2D eigenvalue weighted by atomic mass is 32.2. The minimum absolute atomic E-state index is 0.634. The number of halogens is 2. The van der Waals surface area contributed by atoms with E-state index < -0.39 is 39.2 Å². The van der Waals surface area contributed by atoms with Crippen LogP contribution in [-0.2, 0) is 10.0 Å². The normalized spacial score (nSPS) is 13.5. The predicted octanol–water partition coefficient (Wildman–Crippen LogP) is 1.09. The molecule has 0 saturated heterocycles. The number of sulfonamides is 1. The van der Waals surface area contributed by atoms with Gasteiger partial charge in [-0.3, -0.25) is 4.72 Å². The minimum Gasteiger partial charge on any atom is -0.395 e. The van der Waals surface area contributed by atoms with Gasteiger partial charge in [0.05, 0.1) is 6.61 Å². The Morgan fingerprint density at radius 2 is 1.88 bits per heavy atom. The third-order valence-electron chi connectivity index (χ3n) is 1.99. The van der Waals surface area contributed by atoms with Crippen LogP contribution in [0.15, 0.2) is 18.2 Å². The van der Waals surface area contributed by atoms with E-state index in [0.29, 0.717) is 0 Å². The van der Waals surface area contributed by atoms with Crippen molar-refractivity contribution in [2.75, 3.05) is 11.3 Å². The van der Waals surface area contributed by atoms with E-state index in [4.69, 9.17) is 5.11 Å². The fourth-order valence-corrected chi connectivity index (χ4v) is 1.81. The number of hydrogen-bond donors (Lipinski definition) is 2. The Balaban J connectivity index is 3.06. The SMILES string of the molecule is CC(CO)S(=O)(=O)Nc1c(F)cccc1F. The zero-order valence-electron chi connectivity index (χ0n) is 8.44. The van der Waals surface area contributed by atoms with Gasteiger partial charge in [0.1, 0.15) is 22.6 Å². The van der Waals surface area contributed by atoms with Gasteiger partial charge in [-0.15, -0.1) is 0 Å². The first-order valence-corrected chi connectivity index (χ1v) is 5.99. The van der Waals surface area contributed by atoms with Crippen LogP contribution in [0.1, 0.15) is 6.92 Å². The number of anilines is 1. The van der Waals surface area contributed by atoms with Crippen LogP contribution < -0.4 is 4.72 Å². The fraction of sp³-hybridized carbons (Fsp3) is 0.333. The van der Waals surface area contributed by atoms with Crippen LogP contribution >= 0.6 is 0 Å². The van der Waals surface area contributed by atoms with Crippen molar-refractivity contribution in [2.24, 2.45) is 0 Å². The van der Waals surface area contributed by atoms with Crippen LogP contribution in [0.25, 0.3) is 0 Å². The molecule has 0 aromatic heterocycles. The van der Waals surface area contributed by atoms with Crippen LogP contribution in [0.4, 0.5) is 14.5 Å². The van der Waals surface area contributed by atoms with Gasteiger partial charge < -0.3 is 5.11 Å². The third kappa shape index (κ3) is 2.67. The Kier molecular flexibility index (Phi) is 3.82. The molecule has 0 aliphatic heterocycles. The smallest absolute Gasteiger partial charge is 0.237 e. The van der Waals surface area contributed by atoms with Gasteiger partial charge in [-0.1, -0.05) is 6.07 Å². The molecule has 0 aliphatic carbocycles. The van der Waals surface area contributed by atoms with Crippen molar-refractivity contribution < 1.29 is 22.3 Å². The average Bonchev–Trinajstić information content (AvgIpc) is 2.22. The highest BCUT2D eigenvalue weighted by Crippen LogP contribution is 2.20. The molecule has 1 rings (SSSR count). The monoisotopic (exact) mass is 251 g/mol. The lowest BCUT2D eigenvalue weighted by Gasteiger charge is -2.13. The van der Waals surface area contributed by atoms with Gasteiger partial charge in [0.15, 0.2) is 0 Å². The summed E-state index contributed by atoms with van der Waals surface area (Å²) in [7, 11) is -3.99. The number of benzene rings is 1. The third-order valence-corrected chi connectivity index (χ3v) is 3.69. The second-order valence-corrected chi connectivity index (χ2v) is 5.34. The molecule has 0 heterocycles. The quantitative estimate of drug-likeness (QED) is 0.841. The summed E-state index contributed by atoms with van der Waals surface area (Å²) in [6.45, 7) is 0.590. The van der Waals surface area contributed by atoms with Crippen molar-refractivity contribution in [2.45, 2.75) is 12.2 Å². The predicted molar refractivity (Wildman–Crippen MR) is 55.4 cm³/mol. The van der Waals surface area contributed by atoms with Gasteiger partial charge in [0.2, 0.25) is 10.0 Å². The molecule has 16 heavy (non-hydrogen) atoms. The largest absolute Gasteiger partial charge is 0.395 e. The van der Waals surface area contributed by atoms with E-state index in [0.717, 1.165) is 18.2 Å². The van der Waals surface area contributed by atoms with E-state index in [9.17, 15) is 17.2 Å². The molecule has 2 N–H and O–H groups in total. The zero-order chi connectivity index (χ0) is 12.3. The van der Waals surface area contributed by atoms with Gasteiger partial charge in [-0.2, -0.15) is 0 Å². The number of hydrogen-bond acceptors (Lipinski definition) is 3. The second kappa shape index (κ2) is 4.75. The van der Waals surface area contributed by atoms with Gasteiger partial charge in [0.25, 0.3) is 0 Å². The fourth-order valence-electron chi connectivity index (χ4n) is 0.936. The highest BCUT2D eigenvalue weighted by Gasteiger charge is 2.22. The van der Waals surface area contributed by atoms with Crippen LogP contribution in [0.3, 0.4) is 0 Å². The lowest BCUT2D eigenvalue weighted by molar-refractivity contribution is 0.296. The summed E-state index contributed by atoms with van der Waals surface area (Å²) in [5.74, 6) is -2.01. The first-order valence-electron chi connectivity index (χ1n) is 4.45. The van der Waals surface area contributed by atoms with E-state index >= 15 is 0 Å². The van der Waals surface area contributed by atoms with E-state index in [1.54, 1.807) is 4.72 Å². The van der Waals surface area contributed by atoms with Crippen molar-refractivity contribution in [1.29, 1.82) is 0 Å². The zero-order valence-corrected chi connectivity index (χ0v) is 9.26. The minimum atomic E-state index is -3.99. The Morgan fingerprint density at radius 3 is 2.31 bits per heavy atom. The van der Waals surface area contributed by atoms with Crippen molar-refractivity contribution in [3.63, 3.8) is 0 Å². The number of para-hydroxylation sites is 1. The summed E-state index contributed by atoms with van der Waals surface area (Å²) in [5, 5.41) is 7.53. The molecule has 7 heteroatoms. The molecule has 0 radical (unpaired) electrons. The highest BCUT2D eigenvalue weighted by molar-refractivity contribution is 7.93. The Labute approximate surface area is 92.0 Å². The maximum atomic E-state index is 13.1. The van der Waals surface area contributed by atoms with Crippen molar-refractivity contribution in [3.05, 3.63) is 29.8 Å². The molecule has 0 saturated carbocycles. The molecule has 0 amide bonds. The van der Waals surface area contributed by atoms with E-state index in [1.165, 1.54) is 6.92 Å². The van der Waals surface area contributed by atoms with E-state index in [-0.39, 0.29) is 0 Å². The summed E-state index contributed by atoms with van der Waals surface area (Å²) < 4.78 is 50.9. The van der Waals surface area contributed by atoms with Gasteiger partial charge in [-0.05, 0) is 19.1 Å². The topological polar surface area (TPSA) is 66.4 Å². The Morgan fingerprint density at radius 1 is 1.38 bits per heavy atom. The molecule has 0 spiro atoms. The van der Waals surface area contributed by atoms with Gasteiger partial charge >= 0.3 is 0 Å². The summed E-state index contributed by atoms with van der Waals surface area (Å²) in [6, 6.07) is 2.99. The standard InChI is InChI=1S/C9H11F2NO3S/c1-6(5-13)16(14,15)12-9-7(10)3-2-4-8(9)11/h2-4,6,12-13H,5H2,1H3. The molecule has 0 bridgehead atoms. The molecule has 4 nitrogen and oxygen atoms in total. The summed E-state index contributed by atoms with van der Waals surface area (Å²) >= 11 is 0. The molecule has 0 fully saturated rings. The van der Waals surface area contributed by atoms with Gasteiger partial charge in [-0.25, -0.2) is 17.2 Å². The van der Waals surface area contributed by atoms with Crippen molar-refractivity contribution >= 4 is 15.7 Å². The molecule has 1 aromatic rings. The first-order chi connectivity index (χ1) is 7.38. The first kappa shape index (κ1) is 12.9. The molecular weight excluding hydrogens is 240 g/mol. The average molecular weight is 251 g/mol. The molecule has 1 unspecified atom stereocenters. The second-order valence-electron chi connectivity index (χ2n) is 3.24. The molecule has 1 aromatic carbocycles. The van der Waals surface area contributed by atoms with E-state index in [1.807, 2.05) is 0 Å². The lowest BCUT2D eigenvalue weighted by Crippen LogP contribution is -2.28.